The fourth-order valence-electron chi connectivity index (χ4n) is 5.93. The second-order valence-electron chi connectivity index (χ2n) is 12.2. The molecule has 1 aliphatic heterocycles. The van der Waals surface area contributed by atoms with Crippen LogP contribution in [-0.4, -0.2) is 72.9 Å². The van der Waals surface area contributed by atoms with Crippen molar-refractivity contribution in [1.29, 1.82) is 0 Å². The van der Waals surface area contributed by atoms with Crippen LogP contribution in [0, 0.1) is 11.7 Å². The second-order valence-corrected chi connectivity index (χ2v) is 14.6. The Labute approximate surface area is 302 Å². The summed E-state index contributed by atoms with van der Waals surface area (Å²) in [6.07, 6.45) is -3.24. The number of nitrogens with zero attached hydrogens (tertiary/aromatic N) is 2. The van der Waals surface area contributed by atoms with Gasteiger partial charge < -0.3 is 30.5 Å². The quantitative estimate of drug-likeness (QED) is 0.126. The van der Waals surface area contributed by atoms with Gasteiger partial charge in [0.05, 0.1) is 35.8 Å². The van der Waals surface area contributed by atoms with Gasteiger partial charge in [0.2, 0.25) is 5.91 Å². The number of alkyl halides is 3. The normalized spacial score (nSPS) is 16.4. The Hall–Kier alpha value is -5.45. The van der Waals surface area contributed by atoms with Gasteiger partial charge in [-0.3, -0.25) is 9.59 Å². The van der Waals surface area contributed by atoms with Gasteiger partial charge in [-0.05, 0) is 86.2 Å². The smallest absolute Gasteiger partial charge is 0.490 e. The van der Waals surface area contributed by atoms with E-state index in [1.165, 1.54) is 36.3 Å². The lowest BCUT2D eigenvalue weighted by Crippen LogP contribution is -2.40. The predicted molar refractivity (Wildman–Crippen MR) is 187 cm³/mol. The van der Waals surface area contributed by atoms with Crippen molar-refractivity contribution in [2.45, 2.75) is 55.6 Å². The van der Waals surface area contributed by atoms with Crippen LogP contribution in [0.1, 0.15) is 50.4 Å². The van der Waals surface area contributed by atoms with Gasteiger partial charge in [0.1, 0.15) is 11.9 Å². The minimum Gasteiger partial charge on any atom is -0.494 e. The molecule has 0 aliphatic carbocycles. The fourth-order valence-corrected chi connectivity index (χ4v) is 7.22. The van der Waals surface area contributed by atoms with E-state index in [0.29, 0.717) is 22.6 Å². The van der Waals surface area contributed by atoms with Gasteiger partial charge in [-0.15, -0.1) is 0 Å². The number of nitrogens with one attached hydrogen (secondary N) is 1. The lowest BCUT2D eigenvalue weighted by molar-refractivity contribution is -0.192. The van der Waals surface area contributed by atoms with Gasteiger partial charge in [0.25, 0.3) is 0 Å². The van der Waals surface area contributed by atoms with Crippen molar-refractivity contribution in [3.05, 3.63) is 89.9 Å². The van der Waals surface area contributed by atoms with Crippen molar-refractivity contribution in [1.82, 2.24) is 9.88 Å². The number of amides is 1. The molecule has 0 unspecified atom stereocenters. The van der Waals surface area contributed by atoms with Gasteiger partial charge in [-0.1, -0.05) is 24.3 Å². The second kappa shape index (κ2) is 16.5. The Bertz CT molecular complexity index is 2100. The van der Waals surface area contributed by atoms with Gasteiger partial charge >= 0.3 is 18.1 Å². The highest BCUT2D eigenvalue weighted by molar-refractivity contribution is 7.92. The summed E-state index contributed by atoms with van der Waals surface area (Å²) in [6.45, 7) is 5.14. The number of esters is 1. The number of halogens is 4. The zero-order valence-corrected chi connectivity index (χ0v) is 29.9. The van der Waals surface area contributed by atoms with Crippen LogP contribution in [0.15, 0.2) is 77.8 Å². The highest BCUT2D eigenvalue weighted by atomic mass is 32.2. The number of likely N-dealkylation sites (tertiary alicyclic amines) is 1. The Kier molecular flexibility index (Phi) is 12.5. The van der Waals surface area contributed by atoms with Crippen LogP contribution >= 0.6 is 0 Å². The van der Waals surface area contributed by atoms with E-state index in [-0.39, 0.29) is 30.2 Å². The number of carboxylic acids is 1. The predicted octanol–water partition coefficient (Wildman–Crippen LogP) is 6.09. The fraction of sp³-hybridized carbons (Fsp3) is 0.333. The molecule has 12 nitrogen and oxygen atoms in total. The molecule has 1 fully saturated rings. The first-order valence-electron chi connectivity index (χ1n) is 16.3. The third-order valence-corrected chi connectivity index (χ3v) is 10.8. The molecule has 1 aliphatic rings. The molecule has 0 radical (unpaired) electrons. The van der Waals surface area contributed by atoms with Crippen LogP contribution in [0.4, 0.5) is 29.1 Å². The van der Waals surface area contributed by atoms with Crippen molar-refractivity contribution in [2.75, 3.05) is 31.3 Å². The van der Waals surface area contributed by atoms with Crippen molar-refractivity contribution in [3.63, 3.8) is 0 Å². The van der Waals surface area contributed by atoms with Crippen LogP contribution < -0.4 is 15.8 Å². The molecule has 0 bridgehead atoms. The maximum Gasteiger partial charge on any atom is 0.490 e. The number of carboxylic acid groups (broad SMARTS) is 1. The first-order valence-corrected chi connectivity index (χ1v) is 17.8. The summed E-state index contributed by atoms with van der Waals surface area (Å²) in [5.74, 6) is -4.82. The van der Waals surface area contributed by atoms with E-state index in [4.69, 9.17) is 25.1 Å². The molecule has 0 saturated carbocycles. The van der Waals surface area contributed by atoms with Crippen LogP contribution in [0.3, 0.4) is 0 Å². The monoisotopic (exact) mass is 762 g/mol. The number of fused-ring (bicyclic) bond motifs is 1. The number of aromatic nitrogens is 1. The van der Waals surface area contributed by atoms with Crippen molar-refractivity contribution in [2.24, 2.45) is 5.92 Å². The Balaban J connectivity index is 0.000000815. The molecule has 1 amide bonds. The van der Waals surface area contributed by atoms with Crippen LogP contribution in [0.5, 0.6) is 5.75 Å². The lowest BCUT2D eigenvalue weighted by Gasteiger charge is -2.33. The Morgan fingerprint density at radius 3 is 2.38 bits per heavy atom. The van der Waals surface area contributed by atoms with Crippen LogP contribution in [0.2, 0.25) is 0 Å². The number of carbonyl (C=O) groups excluding carboxylic acids is 2. The minimum absolute atomic E-state index is 0.0507. The van der Waals surface area contributed by atoms with E-state index in [1.54, 1.807) is 63.4 Å². The van der Waals surface area contributed by atoms with Crippen molar-refractivity contribution < 1.29 is 54.9 Å². The first-order chi connectivity index (χ1) is 24.9. The molecule has 4 aromatic rings. The average Bonchev–Trinajstić information content (AvgIpc) is 3.56. The molecule has 53 heavy (non-hydrogen) atoms. The summed E-state index contributed by atoms with van der Waals surface area (Å²) in [5.41, 5.74) is 7.35. The molecular formula is C36H38F4N4O8S. The molecule has 17 heteroatoms. The highest BCUT2D eigenvalue weighted by Gasteiger charge is 2.46. The van der Waals surface area contributed by atoms with Crippen LogP contribution in [-0.2, 0) is 29.0 Å². The summed E-state index contributed by atoms with van der Waals surface area (Å²) in [5, 5.41) is 11.2. The molecule has 0 spiro atoms. The molecule has 2 heterocycles. The number of anilines is 2. The number of carbonyl (C=O) groups is 3. The number of benzene rings is 3. The summed E-state index contributed by atoms with van der Waals surface area (Å²) in [7, 11) is -2.46. The van der Waals surface area contributed by atoms with Crippen molar-refractivity contribution >= 4 is 50.0 Å². The molecule has 1 aromatic heterocycles. The maximum absolute atomic E-state index is 14.8. The number of methoxy groups -OCH3 is 1. The summed E-state index contributed by atoms with van der Waals surface area (Å²) in [6, 6.07) is 15.7. The number of aliphatic carboxylic acids is 1. The minimum atomic E-state index is -5.08. The zero-order chi connectivity index (χ0) is 39.2. The Morgan fingerprint density at radius 2 is 1.75 bits per heavy atom. The SMILES string of the molecule is CCOC(=O)[C@@H]1CCN(C(=O)[C@H](Nc2ccc3c(N)nccc3c2)c2ccc(F)c(OC)c2)[C@@H]1c1ccccc1S(=O)(=O)C(C)C.O=C(O)C(F)(F)F. The highest BCUT2D eigenvalue weighted by Crippen LogP contribution is 2.43. The number of ether oxygens (including phenoxy) is 2. The molecule has 4 N–H and O–H groups in total. The summed E-state index contributed by atoms with van der Waals surface area (Å²) in [4.78, 5) is 42.6. The number of hydrogen-bond acceptors (Lipinski definition) is 10. The zero-order valence-electron chi connectivity index (χ0n) is 29.1. The van der Waals surface area contributed by atoms with Gasteiger partial charge in [-0.25, -0.2) is 22.6 Å². The maximum atomic E-state index is 14.8. The topological polar surface area (TPSA) is 178 Å². The molecule has 3 aromatic carbocycles. The summed E-state index contributed by atoms with van der Waals surface area (Å²) >= 11 is 0. The van der Waals surface area contributed by atoms with E-state index >= 15 is 0 Å². The third-order valence-electron chi connectivity index (χ3n) is 8.54. The number of sulfone groups is 1. The van der Waals surface area contributed by atoms with E-state index < -0.39 is 62.9 Å². The first kappa shape index (κ1) is 40.3. The lowest BCUT2D eigenvalue weighted by atomic mass is 9.93. The molecule has 3 atom stereocenters. The number of rotatable bonds is 10. The van der Waals surface area contributed by atoms with Gasteiger partial charge in [-0.2, -0.15) is 13.2 Å². The van der Waals surface area contributed by atoms with E-state index in [2.05, 4.69) is 10.3 Å². The largest absolute Gasteiger partial charge is 0.494 e. The standard InChI is InChI=1S/C34H37FN4O6S.C2HF3O2/c1-5-45-34(41)26-15-17-39(31(26)25-8-6-7-9-29(25)46(42,43)20(2)3)33(40)30(22-10-13-27(35)28(19-22)44-4)38-23-11-12-24-21(18-23)14-16-37-32(24)36;3-2(4,5)1(6)7/h6-14,16,18-20,26,30-31,38H,5,15,17H2,1-4H3,(H2,36,37);(H,6,7)/t26-,30-,31-;/m1./s1. The number of nitrogens with two attached hydrogens (primary N) is 1. The Morgan fingerprint density at radius 1 is 1.08 bits per heavy atom. The molecule has 5 rings (SSSR count). The summed E-state index contributed by atoms with van der Waals surface area (Å²) < 4.78 is 83.9. The van der Waals surface area contributed by atoms with Gasteiger partial charge in [0.15, 0.2) is 21.4 Å². The third kappa shape index (κ3) is 8.96. The van der Waals surface area contributed by atoms with Gasteiger partial charge in [0, 0.05) is 23.8 Å². The van der Waals surface area contributed by atoms with E-state index in [0.717, 1.165) is 10.8 Å². The number of nitrogen functional groups attached to an aromatic ring is 1. The molecular weight excluding hydrogens is 724 g/mol. The molecule has 1 saturated heterocycles. The average molecular weight is 763 g/mol. The van der Waals surface area contributed by atoms with Crippen LogP contribution in [0.25, 0.3) is 10.8 Å². The molecule has 284 valence electrons. The van der Waals surface area contributed by atoms with E-state index in [9.17, 15) is 35.6 Å². The number of hydrogen-bond donors (Lipinski definition) is 3. The van der Waals surface area contributed by atoms with E-state index in [1.807, 2.05) is 6.07 Å². The number of pyridine rings is 1. The van der Waals surface area contributed by atoms with Crippen molar-refractivity contribution in [3.8, 4) is 5.75 Å².